The lowest BCUT2D eigenvalue weighted by atomic mass is 10.1. The van der Waals surface area contributed by atoms with Crippen LogP contribution in [0.5, 0.6) is 0 Å². The Morgan fingerprint density at radius 2 is 1.93 bits per heavy atom. The second-order valence-electron chi connectivity index (χ2n) is 5.30. The summed E-state index contributed by atoms with van der Waals surface area (Å²) in [6, 6.07) is 0. The van der Waals surface area contributed by atoms with Gasteiger partial charge in [0, 0.05) is 12.0 Å². The van der Waals surface area contributed by atoms with Gasteiger partial charge in [-0.25, -0.2) is 4.79 Å². The van der Waals surface area contributed by atoms with Crippen LogP contribution in [-0.2, 0) is 4.74 Å². The molecule has 1 rings (SSSR count). The van der Waals surface area contributed by atoms with Crippen LogP contribution in [-0.4, -0.2) is 22.6 Å². The van der Waals surface area contributed by atoms with Crippen molar-refractivity contribution in [1.82, 2.24) is 5.32 Å². The molecule has 1 aliphatic carbocycles. The van der Waals surface area contributed by atoms with Gasteiger partial charge in [-0.1, -0.05) is 6.92 Å². The highest BCUT2D eigenvalue weighted by Gasteiger charge is 2.62. The lowest BCUT2D eigenvalue weighted by Crippen LogP contribution is -2.36. The van der Waals surface area contributed by atoms with Gasteiger partial charge in [0.15, 0.2) is 0 Å². The molecular formula is C10H17Cl2NO2. The monoisotopic (exact) mass is 253 g/mol. The summed E-state index contributed by atoms with van der Waals surface area (Å²) < 4.78 is 4.39. The first-order valence-corrected chi connectivity index (χ1v) is 5.66. The summed E-state index contributed by atoms with van der Waals surface area (Å²) in [7, 11) is 0. The van der Waals surface area contributed by atoms with E-state index in [0.29, 0.717) is 13.0 Å². The molecule has 0 aromatic carbocycles. The molecule has 0 aliphatic heterocycles. The number of carbonyl (C=O) groups excluding carboxylic acids is 1. The van der Waals surface area contributed by atoms with E-state index in [-0.39, 0.29) is 5.41 Å². The maximum atomic E-state index is 11.3. The predicted molar refractivity (Wildman–Crippen MR) is 61.4 cm³/mol. The fraction of sp³-hybridized carbons (Fsp3) is 0.900. The van der Waals surface area contributed by atoms with Crippen LogP contribution in [0.15, 0.2) is 0 Å². The first kappa shape index (κ1) is 12.9. The molecule has 1 fully saturated rings. The van der Waals surface area contributed by atoms with Crippen molar-refractivity contribution in [1.29, 1.82) is 0 Å². The normalized spacial score (nSPS) is 28.4. The zero-order chi connectivity index (χ0) is 11.9. The van der Waals surface area contributed by atoms with E-state index >= 15 is 0 Å². The number of carbonyl (C=O) groups is 1. The van der Waals surface area contributed by atoms with Gasteiger partial charge in [-0.15, -0.1) is 23.2 Å². The fourth-order valence-electron chi connectivity index (χ4n) is 1.22. The van der Waals surface area contributed by atoms with E-state index in [1.54, 1.807) is 0 Å². The van der Waals surface area contributed by atoms with E-state index in [9.17, 15) is 4.79 Å². The van der Waals surface area contributed by atoms with Crippen molar-refractivity contribution < 1.29 is 9.53 Å². The molecule has 0 radical (unpaired) electrons. The van der Waals surface area contributed by atoms with Gasteiger partial charge >= 0.3 is 6.09 Å². The topological polar surface area (TPSA) is 38.3 Å². The second kappa shape index (κ2) is 3.70. The van der Waals surface area contributed by atoms with Gasteiger partial charge in [-0.2, -0.15) is 0 Å². The van der Waals surface area contributed by atoms with Gasteiger partial charge in [0.2, 0.25) is 0 Å². The first-order valence-electron chi connectivity index (χ1n) is 4.90. The first-order chi connectivity index (χ1) is 6.56. The minimum Gasteiger partial charge on any atom is -0.444 e. The maximum Gasteiger partial charge on any atom is 0.407 e. The molecule has 1 N–H and O–H groups in total. The largest absolute Gasteiger partial charge is 0.444 e. The molecule has 5 heteroatoms. The second-order valence-corrected chi connectivity index (χ2v) is 6.78. The lowest BCUT2D eigenvalue weighted by Gasteiger charge is -2.21. The summed E-state index contributed by atoms with van der Waals surface area (Å²) >= 11 is 11.9. The van der Waals surface area contributed by atoms with Crippen molar-refractivity contribution in [2.24, 2.45) is 5.41 Å². The van der Waals surface area contributed by atoms with Crippen molar-refractivity contribution in [3.8, 4) is 0 Å². The van der Waals surface area contributed by atoms with Crippen LogP contribution in [0.25, 0.3) is 0 Å². The van der Waals surface area contributed by atoms with Crippen molar-refractivity contribution in [2.75, 3.05) is 6.54 Å². The smallest absolute Gasteiger partial charge is 0.407 e. The maximum absolute atomic E-state index is 11.3. The molecule has 0 heterocycles. The van der Waals surface area contributed by atoms with Gasteiger partial charge < -0.3 is 10.1 Å². The van der Waals surface area contributed by atoms with Gasteiger partial charge in [0.25, 0.3) is 0 Å². The van der Waals surface area contributed by atoms with Crippen LogP contribution in [0, 0.1) is 5.41 Å². The third kappa shape index (κ3) is 3.42. The summed E-state index contributed by atoms with van der Waals surface area (Å²) in [6.07, 6.45) is 0.263. The Morgan fingerprint density at radius 1 is 1.47 bits per heavy atom. The number of halogens is 2. The van der Waals surface area contributed by atoms with Crippen molar-refractivity contribution in [3.05, 3.63) is 0 Å². The third-order valence-corrected chi connectivity index (χ3v) is 3.57. The van der Waals surface area contributed by atoms with Gasteiger partial charge in [-0.05, 0) is 27.2 Å². The van der Waals surface area contributed by atoms with E-state index < -0.39 is 16.0 Å². The zero-order valence-corrected chi connectivity index (χ0v) is 11.0. The molecule has 0 aromatic rings. The molecule has 0 aromatic heterocycles. The van der Waals surface area contributed by atoms with Crippen LogP contribution >= 0.6 is 23.2 Å². The zero-order valence-electron chi connectivity index (χ0n) is 9.49. The highest BCUT2D eigenvalue weighted by Crippen LogP contribution is 2.63. The molecule has 1 aliphatic rings. The highest BCUT2D eigenvalue weighted by molar-refractivity contribution is 6.51. The quantitative estimate of drug-likeness (QED) is 0.769. The Bertz CT molecular complexity index is 273. The summed E-state index contributed by atoms with van der Waals surface area (Å²) in [6.45, 7) is 7.83. The Hall–Kier alpha value is -0.150. The summed E-state index contributed by atoms with van der Waals surface area (Å²) in [5.74, 6) is 0. The SMILES string of the molecule is CC(C)(C)OC(=O)NCC1(C)CC1(Cl)Cl. The number of alkyl carbamates (subject to hydrolysis) is 1. The molecule has 1 saturated carbocycles. The van der Waals surface area contributed by atoms with E-state index in [1.807, 2.05) is 27.7 Å². The molecule has 3 nitrogen and oxygen atoms in total. The molecule has 1 unspecified atom stereocenters. The standard InChI is InChI=1S/C10H17Cl2NO2/c1-8(2,3)15-7(14)13-6-9(4)5-10(9,11)12/h5-6H2,1-4H3,(H,13,14). The number of hydrogen-bond donors (Lipinski definition) is 1. The van der Waals surface area contributed by atoms with Crippen molar-refractivity contribution in [2.45, 2.75) is 44.1 Å². The molecule has 1 atom stereocenters. The predicted octanol–water partition coefficient (Wildman–Crippen LogP) is 3.10. The Labute approximate surface area is 100 Å². The van der Waals surface area contributed by atoms with Crippen molar-refractivity contribution in [3.63, 3.8) is 0 Å². The Balaban J connectivity index is 2.31. The number of hydrogen-bond acceptors (Lipinski definition) is 2. The van der Waals surface area contributed by atoms with Crippen LogP contribution in [0.1, 0.15) is 34.1 Å². The van der Waals surface area contributed by atoms with E-state index in [4.69, 9.17) is 27.9 Å². The number of rotatable bonds is 2. The van der Waals surface area contributed by atoms with E-state index in [1.165, 1.54) is 0 Å². The summed E-state index contributed by atoms with van der Waals surface area (Å²) in [4.78, 5) is 11.3. The van der Waals surface area contributed by atoms with Crippen LogP contribution < -0.4 is 5.32 Å². The Morgan fingerprint density at radius 3 is 2.27 bits per heavy atom. The van der Waals surface area contributed by atoms with Gasteiger partial charge in [0.1, 0.15) is 9.93 Å². The molecule has 0 spiro atoms. The number of amides is 1. The minimum atomic E-state index is -0.706. The van der Waals surface area contributed by atoms with Gasteiger partial charge in [-0.3, -0.25) is 0 Å². The van der Waals surface area contributed by atoms with Gasteiger partial charge in [0.05, 0.1) is 0 Å². The molecular weight excluding hydrogens is 237 g/mol. The third-order valence-electron chi connectivity index (χ3n) is 2.39. The number of nitrogens with one attached hydrogen (secondary N) is 1. The molecule has 0 bridgehead atoms. The fourth-order valence-corrected chi connectivity index (χ4v) is 1.94. The summed E-state index contributed by atoms with van der Waals surface area (Å²) in [5, 5.41) is 2.67. The van der Waals surface area contributed by atoms with Crippen molar-refractivity contribution >= 4 is 29.3 Å². The molecule has 1 amide bonds. The Kier molecular flexibility index (Phi) is 3.19. The van der Waals surface area contributed by atoms with Crippen LogP contribution in [0.4, 0.5) is 4.79 Å². The lowest BCUT2D eigenvalue weighted by molar-refractivity contribution is 0.0517. The number of alkyl halides is 2. The summed E-state index contributed by atoms with van der Waals surface area (Å²) in [5.41, 5.74) is -0.708. The van der Waals surface area contributed by atoms with Crippen LogP contribution in [0.3, 0.4) is 0 Å². The molecule has 15 heavy (non-hydrogen) atoms. The van der Waals surface area contributed by atoms with E-state index in [0.717, 1.165) is 0 Å². The average molecular weight is 254 g/mol. The van der Waals surface area contributed by atoms with E-state index in [2.05, 4.69) is 5.32 Å². The minimum absolute atomic E-state index is 0.229. The molecule has 0 saturated heterocycles. The average Bonchev–Trinajstić information content (AvgIpc) is 2.44. The number of ether oxygens (including phenoxy) is 1. The van der Waals surface area contributed by atoms with Crippen LogP contribution in [0.2, 0.25) is 0 Å². The molecule has 88 valence electrons. The highest BCUT2D eigenvalue weighted by atomic mass is 35.5.